The van der Waals surface area contributed by atoms with Crippen LogP contribution in [-0.2, 0) is 4.79 Å². The highest BCUT2D eigenvalue weighted by atomic mass is 35.5. The van der Waals surface area contributed by atoms with Crippen LogP contribution in [0.5, 0.6) is 0 Å². The number of hydrogen-bond donors (Lipinski definition) is 1. The summed E-state index contributed by atoms with van der Waals surface area (Å²) in [4.78, 5) is 16.6. The predicted octanol–water partition coefficient (Wildman–Crippen LogP) is 2.69. The SMILES string of the molecule is CCCN(CC(=O)O)c1nc(-c2cccc(Cl)c2)no1. The first-order chi connectivity index (χ1) is 9.60. The van der Waals surface area contributed by atoms with Gasteiger partial charge in [-0.15, -0.1) is 0 Å². The molecule has 2 aromatic rings. The fraction of sp³-hybridized carbons (Fsp3) is 0.308. The summed E-state index contributed by atoms with van der Waals surface area (Å²) in [5.74, 6) is -0.560. The number of carboxylic acids is 1. The van der Waals surface area contributed by atoms with Gasteiger partial charge >= 0.3 is 12.0 Å². The first-order valence-corrected chi connectivity index (χ1v) is 6.54. The van der Waals surface area contributed by atoms with Gasteiger partial charge in [-0.2, -0.15) is 4.98 Å². The number of aliphatic carboxylic acids is 1. The molecule has 0 atom stereocenters. The Balaban J connectivity index is 2.24. The van der Waals surface area contributed by atoms with Crippen molar-refractivity contribution in [3.8, 4) is 11.4 Å². The maximum Gasteiger partial charge on any atom is 0.324 e. The predicted molar refractivity (Wildman–Crippen MR) is 74.9 cm³/mol. The van der Waals surface area contributed by atoms with E-state index in [9.17, 15) is 4.79 Å². The minimum atomic E-state index is -0.944. The van der Waals surface area contributed by atoms with Crippen LogP contribution < -0.4 is 4.90 Å². The molecular weight excluding hydrogens is 282 g/mol. The quantitative estimate of drug-likeness (QED) is 0.882. The number of carbonyl (C=O) groups is 1. The lowest BCUT2D eigenvalue weighted by Gasteiger charge is -2.15. The average Bonchev–Trinajstić information content (AvgIpc) is 2.87. The van der Waals surface area contributed by atoms with E-state index in [1.807, 2.05) is 13.0 Å². The Morgan fingerprint density at radius 3 is 2.95 bits per heavy atom. The molecule has 106 valence electrons. The third-order valence-corrected chi connectivity index (χ3v) is 2.82. The van der Waals surface area contributed by atoms with Gasteiger partial charge < -0.3 is 14.5 Å². The van der Waals surface area contributed by atoms with Gasteiger partial charge in [-0.1, -0.05) is 35.8 Å². The molecule has 1 aromatic carbocycles. The molecule has 0 bridgehead atoms. The Hall–Kier alpha value is -2.08. The lowest BCUT2D eigenvalue weighted by molar-refractivity contribution is -0.135. The van der Waals surface area contributed by atoms with E-state index in [-0.39, 0.29) is 12.6 Å². The number of halogens is 1. The molecule has 0 amide bonds. The van der Waals surface area contributed by atoms with Crippen molar-refractivity contribution in [2.45, 2.75) is 13.3 Å². The zero-order valence-corrected chi connectivity index (χ0v) is 11.7. The molecule has 0 aliphatic heterocycles. The Morgan fingerprint density at radius 1 is 1.50 bits per heavy atom. The van der Waals surface area contributed by atoms with Gasteiger partial charge in [0.2, 0.25) is 5.82 Å². The molecule has 1 N–H and O–H groups in total. The van der Waals surface area contributed by atoms with Gasteiger partial charge in [-0.3, -0.25) is 4.79 Å². The molecule has 0 saturated carbocycles. The average molecular weight is 296 g/mol. The monoisotopic (exact) mass is 295 g/mol. The molecule has 0 radical (unpaired) electrons. The van der Waals surface area contributed by atoms with Crippen LogP contribution in [-0.4, -0.2) is 34.3 Å². The van der Waals surface area contributed by atoms with Crippen LogP contribution >= 0.6 is 11.6 Å². The summed E-state index contributed by atoms with van der Waals surface area (Å²) in [5.41, 5.74) is 0.722. The van der Waals surface area contributed by atoms with E-state index in [4.69, 9.17) is 21.2 Å². The van der Waals surface area contributed by atoms with Crippen LogP contribution in [0.3, 0.4) is 0 Å². The lowest BCUT2D eigenvalue weighted by Crippen LogP contribution is -2.30. The number of aromatic nitrogens is 2. The van der Waals surface area contributed by atoms with Crippen molar-refractivity contribution in [2.24, 2.45) is 0 Å². The number of rotatable bonds is 6. The molecular formula is C13H14ClN3O3. The Bertz CT molecular complexity index is 600. The van der Waals surface area contributed by atoms with Crippen LogP contribution in [0.1, 0.15) is 13.3 Å². The number of benzene rings is 1. The van der Waals surface area contributed by atoms with E-state index in [1.54, 1.807) is 18.2 Å². The lowest BCUT2D eigenvalue weighted by atomic mass is 10.2. The van der Waals surface area contributed by atoms with Gasteiger partial charge in [0.05, 0.1) is 0 Å². The van der Waals surface area contributed by atoms with Gasteiger partial charge in [-0.25, -0.2) is 0 Å². The summed E-state index contributed by atoms with van der Waals surface area (Å²) in [6.45, 7) is 2.30. The largest absolute Gasteiger partial charge is 0.480 e. The first-order valence-electron chi connectivity index (χ1n) is 6.16. The second-order valence-electron chi connectivity index (χ2n) is 4.23. The van der Waals surface area contributed by atoms with E-state index < -0.39 is 5.97 Å². The molecule has 0 spiro atoms. The molecule has 0 fully saturated rings. The molecule has 6 nitrogen and oxygen atoms in total. The highest BCUT2D eigenvalue weighted by Gasteiger charge is 2.17. The molecule has 20 heavy (non-hydrogen) atoms. The van der Waals surface area contributed by atoms with Crippen molar-refractivity contribution >= 4 is 23.6 Å². The van der Waals surface area contributed by atoms with Gasteiger partial charge in [-0.05, 0) is 18.6 Å². The minimum absolute atomic E-state index is 0.176. The molecule has 0 saturated heterocycles. The second kappa shape index (κ2) is 6.38. The normalized spacial score (nSPS) is 10.5. The fourth-order valence-corrected chi connectivity index (χ4v) is 1.95. The van der Waals surface area contributed by atoms with E-state index in [0.29, 0.717) is 17.4 Å². The maximum atomic E-state index is 10.8. The highest BCUT2D eigenvalue weighted by molar-refractivity contribution is 6.30. The van der Waals surface area contributed by atoms with E-state index >= 15 is 0 Å². The van der Waals surface area contributed by atoms with Crippen LogP contribution in [0, 0.1) is 0 Å². The topological polar surface area (TPSA) is 79.5 Å². The second-order valence-corrected chi connectivity index (χ2v) is 4.66. The van der Waals surface area contributed by atoms with Gasteiger partial charge in [0.25, 0.3) is 0 Å². The third-order valence-electron chi connectivity index (χ3n) is 2.59. The maximum absolute atomic E-state index is 10.8. The van der Waals surface area contributed by atoms with E-state index in [2.05, 4.69) is 10.1 Å². The van der Waals surface area contributed by atoms with Gasteiger partial charge in [0.1, 0.15) is 6.54 Å². The van der Waals surface area contributed by atoms with Crippen molar-refractivity contribution in [2.75, 3.05) is 18.0 Å². The van der Waals surface area contributed by atoms with Crippen LogP contribution in [0.2, 0.25) is 5.02 Å². The zero-order chi connectivity index (χ0) is 14.5. The number of carboxylic acid groups (broad SMARTS) is 1. The molecule has 0 aliphatic carbocycles. The molecule has 0 aliphatic rings. The fourth-order valence-electron chi connectivity index (χ4n) is 1.76. The highest BCUT2D eigenvalue weighted by Crippen LogP contribution is 2.22. The van der Waals surface area contributed by atoms with Crippen LogP contribution in [0.15, 0.2) is 28.8 Å². The summed E-state index contributed by atoms with van der Waals surface area (Å²) < 4.78 is 5.13. The van der Waals surface area contributed by atoms with Crippen molar-refractivity contribution in [1.29, 1.82) is 0 Å². The van der Waals surface area contributed by atoms with Gasteiger partial charge in [0, 0.05) is 17.1 Å². The van der Waals surface area contributed by atoms with Crippen LogP contribution in [0.25, 0.3) is 11.4 Å². The first kappa shape index (κ1) is 14.3. The molecule has 0 unspecified atom stereocenters. The molecule has 1 aromatic heterocycles. The van der Waals surface area contributed by atoms with E-state index in [1.165, 1.54) is 4.90 Å². The summed E-state index contributed by atoms with van der Waals surface area (Å²) in [6, 6.07) is 7.26. The smallest absolute Gasteiger partial charge is 0.324 e. The van der Waals surface area contributed by atoms with Gasteiger partial charge in [0.15, 0.2) is 0 Å². The Labute approximate surface area is 121 Å². The molecule has 7 heteroatoms. The minimum Gasteiger partial charge on any atom is -0.480 e. The van der Waals surface area contributed by atoms with Crippen molar-refractivity contribution < 1.29 is 14.4 Å². The Kier molecular flexibility index (Phi) is 4.57. The van der Waals surface area contributed by atoms with E-state index in [0.717, 1.165) is 12.0 Å². The van der Waals surface area contributed by atoms with Crippen molar-refractivity contribution in [3.63, 3.8) is 0 Å². The Morgan fingerprint density at radius 2 is 2.30 bits per heavy atom. The molecule has 2 rings (SSSR count). The molecule has 1 heterocycles. The summed E-state index contributed by atoms with van der Waals surface area (Å²) in [6.07, 6.45) is 0.780. The zero-order valence-electron chi connectivity index (χ0n) is 10.9. The summed E-state index contributed by atoms with van der Waals surface area (Å²) >= 11 is 5.91. The number of nitrogens with zero attached hydrogens (tertiary/aromatic N) is 3. The standard InChI is InChI=1S/C13H14ClN3O3/c1-2-6-17(8-11(18)19)13-15-12(16-20-13)9-4-3-5-10(14)7-9/h3-5,7H,2,6,8H2,1H3,(H,18,19). The van der Waals surface area contributed by atoms with Crippen molar-refractivity contribution in [1.82, 2.24) is 10.1 Å². The number of hydrogen-bond acceptors (Lipinski definition) is 5. The summed E-state index contributed by atoms with van der Waals surface area (Å²) in [5, 5.41) is 13.3. The summed E-state index contributed by atoms with van der Waals surface area (Å²) in [7, 11) is 0. The van der Waals surface area contributed by atoms with Crippen LogP contribution in [0.4, 0.5) is 6.01 Å². The number of anilines is 1. The van der Waals surface area contributed by atoms with Crippen molar-refractivity contribution in [3.05, 3.63) is 29.3 Å². The third kappa shape index (κ3) is 3.48.